The first kappa shape index (κ1) is 15.1. The molecule has 0 unspecified atom stereocenters. The van der Waals surface area contributed by atoms with Crippen LogP contribution in [-0.4, -0.2) is 0 Å². The summed E-state index contributed by atoms with van der Waals surface area (Å²) in [6.07, 6.45) is 0. The van der Waals surface area contributed by atoms with Crippen LogP contribution < -0.4 is 4.90 Å². The van der Waals surface area contributed by atoms with Crippen molar-refractivity contribution in [2.45, 2.75) is 6.04 Å². The molecule has 2 heterocycles. The van der Waals surface area contributed by atoms with Crippen LogP contribution in [0, 0.1) is 0 Å². The van der Waals surface area contributed by atoms with Crippen molar-refractivity contribution in [1.82, 2.24) is 0 Å². The number of nitrogens with zero attached hydrogens (tertiary/aromatic N) is 1. The zero-order valence-corrected chi connectivity index (χ0v) is 16.3. The maximum Gasteiger partial charge on any atom is 0.0857 e. The minimum Gasteiger partial charge on any atom is -0.329 e. The lowest BCUT2D eigenvalue weighted by Gasteiger charge is -2.43. The van der Waals surface area contributed by atoms with E-state index in [0.717, 1.165) is 0 Å². The summed E-state index contributed by atoms with van der Waals surface area (Å²) >= 11 is 0. The number of anilines is 2. The summed E-state index contributed by atoms with van der Waals surface area (Å²) < 4.78 is 0. The van der Waals surface area contributed by atoms with E-state index in [2.05, 4.69) is 102 Å². The number of fused-ring (bicyclic) bond motifs is 5. The molecular formula is C29H17N. The predicted molar refractivity (Wildman–Crippen MR) is 127 cm³/mol. The highest BCUT2D eigenvalue weighted by molar-refractivity contribution is 6.23. The van der Waals surface area contributed by atoms with Crippen molar-refractivity contribution in [3.05, 3.63) is 108 Å². The Hall–Kier alpha value is -3.84. The lowest BCUT2D eigenvalue weighted by atomic mass is 9.80. The van der Waals surface area contributed by atoms with Gasteiger partial charge in [0.2, 0.25) is 0 Å². The van der Waals surface area contributed by atoms with Crippen molar-refractivity contribution in [2.24, 2.45) is 0 Å². The standard InChI is InChI=1S/C29H17N/c1-5-17-13-15-19-7-3-11-23-27(19)25(17)21(9-1)29-22-10-2-6-18-14-16-20-8-4-12-24(30(23)29)28(20)26(18)22/h1-16,29H. The van der Waals surface area contributed by atoms with Gasteiger partial charge in [-0.2, -0.15) is 0 Å². The maximum atomic E-state index is 2.59. The second kappa shape index (κ2) is 5.01. The van der Waals surface area contributed by atoms with Gasteiger partial charge in [0, 0.05) is 10.8 Å². The minimum atomic E-state index is 0.193. The summed E-state index contributed by atoms with van der Waals surface area (Å²) in [5, 5.41) is 10.9. The van der Waals surface area contributed by atoms with E-state index < -0.39 is 0 Å². The summed E-state index contributed by atoms with van der Waals surface area (Å²) in [7, 11) is 0. The molecule has 0 atom stereocenters. The van der Waals surface area contributed by atoms with Gasteiger partial charge in [0.25, 0.3) is 0 Å². The van der Waals surface area contributed by atoms with Crippen molar-refractivity contribution in [2.75, 3.05) is 4.90 Å². The third kappa shape index (κ3) is 1.59. The molecule has 0 amide bonds. The summed E-state index contributed by atoms with van der Waals surface area (Å²) in [6, 6.07) is 36.4. The third-order valence-electron chi connectivity index (χ3n) is 7.16. The van der Waals surface area contributed by atoms with E-state index in [0.29, 0.717) is 0 Å². The second-order valence-electron chi connectivity index (χ2n) is 8.54. The molecule has 0 N–H and O–H groups in total. The molecule has 138 valence electrons. The molecule has 30 heavy (non-hydrogen) atoms. The molecule has 0 spiro atoms. The van der Waals surface area contributed by atoms with Crippen molar-refractivity contribution in [3.63, 3.8) is 0 Å². The number of hydrogen-bond acceptors (Lipinski definition) is 1. The highest BCUT2D eigenvalue weighted by Gasteiger charge is 2.36. The van der Waals surface area contributed by atoms with Gasteiger partial charge in [0.05, 0.1) is 17.4 Å². The molecule has 6 aromatic carbocycles. The fourth-order valence-electron chi connectivity index (χ4n) is 6.04. The van der Waals surface area contributed by atoms with Gasteiger partial charge in [-0.05, 0) is 55.6 Å². The smallest absolute Gasteiger partial charge is 0.0857 e. The van der Waals surface area contributed by atoms with Crippen LogP contribution in [0.3, 0.4) is 0 Å². The van der Waals surface area contributed by atoms with Crippen LogP contribution in [-0.2, 0) is 0 Å². The zero-order chi connectivity index (χ0) is 19.4. The molecule has 1 nitrogen and oxygen atoms in total. The number of hydrogen-bond donors (Lipinski definition) is 0. The molecule has 0 saturated heterocycles. The Morgan fingerprint density at radius 1 is 0.400 bits per heavy atom. The summed E-state index contributed by atoms with van der Waals surface area (Å²) in [6.45, 7) is 0. The van der Waals surface area contributed by atoms with Crippen LogP contribution in [0.25, 0.3) is 43.1 Å². The zero-order valence-electron chi connectivity index (χ0n) is 16.3. The Morgan fingerprint density at radius 2 is 0.800 bits per heavy atom. The highest BCUT2D eigenvalue weighted by atomic mass is 15.2. The first-order valence-corrected chi connectivity index (χ1v) is 10.6. The topological polar surface area (TPSA) is 3.24 Å². The van der Waals surface area contributed by atoms with E-state index in [1.807, 2.05) is 0 Å². The molecule has 0 fully saturated rings. The highest BCUT2D eigenvalue weighted by Crippen LogP contribution is 2.56. The van der Waals surface area contributed by atoms with Crippen LogP contribution in [0.5, 0.6) is 0 Å². The van der Waals surface area contributed by atoms with Gasteiger partial charge >= 0.3 is 0 Å². The van der Waals surface area contributed by atoms with Crippen LogP contribution in [0.1, 0.15) is 17.2 Å². The van der Waals surface area contributed by atoms with Gasteiger partial charge in [-0.3, -0.25) is 0 Å². The maximum absolute atomic E-state index is 2.59. The third-order valence-corrected chi connectivity index (χ3v) is 7.16. The van der Waals surface area contributed by atoms with E-state index in [4.69, 9.17) is 0 Å². The van der Waals surface area contributed by atoms with E-state index in [-0.39, 0.29) is 6.04 Å². The van der Waals surface area contributed by atoms with E-state index in [1.165, 1.54) is 65.6 Å². The summed E-state index contributed by atoms with van der Waals surface area (Å²) in [5.74, 6) is 0. The molecule has 1 heteroatoms. The van der Waals surface area contributed by atoms with Crippen molar-refractivity contribution in [1.29, 1.82) is 0 Å². The van der Waals surface area contributed by atoms with Gasteiger partial charge in [0.1, 0.15) is 0 Å². The van der Waals surface area contributed by atoms with Gasteiger partial charge < -0.3 is 4.90 Å². The fourth-order valence-corrected chi connectivity index (χ4v) is 6.04. The average Bonchev–Trinajstić information content (AvgIpc) is 2.81. The SMILES string of the molecule is c1cc2c3c(c1)ccc1cccc(c13)N1c3cccc4ccc5cccc(c5c34)C21. The molecule has 0 saturated carbocycles. The van der Waals surface area contributed by atoms with Crippen molar-refractivity contribution in [3.8, 4) is 0 Å². The van der Waals surface area contributed by atoms with E-state index in [9.17, 15) is 0 Å². The Morgan fingerprint density at radius 3 is 1.27 bits per heavy atom. The Bertz CT molecular complexity index is 1450. The largest absolute Gasteiger partial charge is 0.329 e. The quantitative estimate of drug-likeness (QED) is 0.243. The average molecular weight is 379 g/mol. The second-order valence-corrected chi connectivity index (χ2v) is 8.54. The van der Waals surface area contributed by atoms with Gasteiger partial charge in [-0.1, -0.05) is 84.9 Å². The first-order chi connectivity index (χ1) is 14.9. The monoisotopic (exact) mass is 379 g/mol. The molecule has 8 rings (SSSR count). The van der Waals surface area contributed by atoms with Crippen LogP contribution in [0.15, 0.2) is 97.1 Å². The van der Waals surface area contributed by atoms with E-state index >= 15 is 0 Å². The van der Waals surface area contributed by atoms with Gasteiger partial charge in [-0.25, -0.2) is 0 Å². The normalized spacial score (nSPS) is 14.5. The molecule has 0 aromatic heterocycles. The Labute approximate surface area is 173 Å². The van der Waals surface area contributed by atoms with Crippen LogP contribution in [0.4, 0.5) is 11.4 Å². The Balaban J connectivity index is 1.68. The van der Waals surface area contributed by atoms with E-state index in [1.54, 1.807) is 0 Å². The number of benzene rings is 6. The predicted octanol–water partition coefficient (Wildman–Crippen LogP) is 7.85. The van der Waals surface area contributed by atoms with Crippen molar-refractivity contribution >= 4 is 54.5 Å². The molecule has 2 aliphatic rings. The minimum absolute atomic E-state index is 0.193. The van der Waals surface area contributed by atoms with Crippen LogP contribution in [0.2, 0.25) is 0 Å². The molecule has 0 aliphatic carbocycles. The van der Waals surface area contributed by atoms with Gasteiger partial charge in [-0.15, -0.1) is 0 Å². The molecule has 0 radical (unpaired) electrons. The van der Waals surface area contributed by atoms with Crippen molar-refractivity contribution < 1.29 is 0 Å². The summed E-state index contributed by atoms with van der Waals surface area (Å²) in [5.41, 5.74) is 5.47. The molecule has 0 bridgehead atoms. The lowest BCUT2D eigenvalue weighted by molar-refractivity contribution is 0.829. The van der Waals surface area contributed by atoms with Gasteiger partial charge in [0.15, 0.2) is 0 Å². The van der Waals surface area contributed by atoms with Crippen LogP contribution >= 0.6 is 0 Å². The molecule has 2 aliphatic heterocycles. The summed E-state index contributed by atoms with van der Waals surface area (Å²) in [4.78, 5) is 2.59. The Kier molecular flexibility index (Phi) is 2.51. The molecular weight excluding hydrogens is 362 g/mol. The first-order valence-electron chi connectivity index (χ1n) is 10.6. The fraction of sp³-hybridized carbons (Fsp3) is 0.0345. The molecule has 6 aromatic rings. The lowest BCUT2D eigenvalue weighted by Crippen LogP contribution is -2.30. The number of rotatable bonds is 0.